The Morgan fingerprint density at radius 3 is 2.42 bits per heavy atom. The highest BCUT2D eigenvalue weighted by atomic mass is 16.5. The van der Waals surface area contributed by atoms with Gasteiger partial charge in [0.25, 0.3) is 0 Å². The van der Waals surface area contributed by atoms with Crippen LogP contribution < -0.4 is 4.74 Å². The largest absolute Gasteiger partial charge is 0.439 e. The number of benzene rings is 1. The highest BCUT2D eigenvalue weighted by Crippen LogP contribution is 2.19. The predicted octanol–water partition coefficient (Wildman–Crippen LogP) is 3.04. The minimum atomic E-state index is -0.183. The van der Waals surface area contributed by atoms with Crippen LogP contribution >= 0.6 is 0 Å². The number of carbonyl (C=O) groups excluding carboxylic acids is 2. The number of ether oxygens (including phenoxy) is 1. The molecule has 1 aromatic carbocycles. The third-order valence-electron chi connectivity index (χ3n) is 2.45. The van der Waals surface area contributed by atoms with Crippen molar-refractivity contribution < 1.29 is 14.3 Å². The summed E-state index contributed by atoms with van der Waals surface area (Å²) in [4.78, 5) is 26.6. The first-order valence-electron chi connectivity index (χ1n) is 5.87. The summed E-state index contributed by atoms with van der Waals surface area (Å²) in [5.74, 6) is 0.763. The molecule has 0 radical (unpaired) electrons. The topological polar surface area (TPSA) is 56.3 Å². The first kappa shape index (κ1) is 13.0. The average Bonchev–Trinajstić information content (AvgIpc) is 2.40. The molecule has 0 N–H and O–H groups in total. The van der Waals surface area contributed by atoms with Gasteiger partial charge in [-0.05, 0) is 37.3 Å². The number of nitrogens with zero attached hydrogens (tertiary/aromatic N) is 1. The van der Waals surface area contributed by atoms with E-state index in [2.05, 4.69) is 4.98 Å². The highest BCUT2D eigenvalue weighted by Gasteiger charge is 2.08. The molecule has 2 aromatic rings. The van der Waals surface area contributed by atoms with E-state index in [1.54, 1.807) is 42.6 Å². The first-order chi connectivity index (χ1) is 9.15. The molecule has 0 unspecified atom stereocenters. The second-order valence-electron chi connectivity index (χ2n) is 4.10. The average molecular weight is 255 g/mol. The van der Waals surface area contributed by atoms with Crippen molar-refractivity contribution in [3.05, 3.63) is 54.2 Å². The Morgan fingerprint density at radius 1 is 1.11 bits per heavy atom. The van der Waals surface area contributed by atoms with Crippen LogP contribution in [0.1, 0.15) is 23.7 Å². The lowest BCUT2D eigenvalue weighted by Gasteiger charge is -2.05. The van der Waals surface area contributed by atoms with Gasteiger partial charge in [0.1, 0.15) is 11.5 Å². The summed E-state index contributed by atoms with van der Waals surface area (Å²) < 4.78 is 5.50. The summed E-state index contributed by atoms with van der Waals surface area (Å²) in [6.45, 7) is 1.40. The number of aromatic nitrogens is 1. The van der Waals surface area contributed by atoms with Gasteiger partial charge >= 0.3 is 0 Å². The van der Waals surface area contributed by atoms with Crippen molar-refractivity contribution in [3.63, 3.8) is 0 Å². The summed E-state index contributed by atoms with van der Waals surface area (Å²) in [5.41, 5.74) is 0.503. The second-order valence-corrected chi connectivity index (χ2v) is 4.10. The molecular formula is C15H13NO3. The third-order valence-corrected chi connectivity index (χ3v) is 2.45. The van der Waals surface area contributed by atoms with E-state index in [0.29, 0.717) is 17.2 Å². The van der Waals surface area contributed by atoms with Crippen molar-refractivity contribution in [2.24, 2.45) is 0 Å². The van der Waals surface area contributed by atoms with Crippen molar-refractivity contribution in [3.8, 4) is 11.6 Å². The quantitative estimate of drug-likeness (QED) is 0.608. The Labute approximate surface area is 111 Å². The number of ketones is 2. The Hall–Kier alpha value is -2.49. The van der Waals surface area contributed by atoms with Crippen LogP contribution in [0.15, 0.2) is 48.7 Å². The molecule has 0 saturated carbocycles. The zero-order valence-electron chi connectivity index (χ0n) is 10.5. The third kappa shape index (κ3) is 3.74. The van der Waals surface area contributed by atoms with E-state index >= 15 is 0 Å². The van der Waals surface area contributed by atoms with Crippen molar-refractivity contribution in [2.75, 3.05) is 0 Å². The number of hydrogen-bond acceptors (Lipinski definition) is 4. The van der Waals surface area contributed by atoms with Crippen LogP contribution in [0.5, 0.6) is 11.6 Å². The normalized spacial score (nSPS) is 9.95. The molecule has 2 rings (SSSR count). The van der Waals surface area contributed by atoms with E-state index in [4.69, 9.17) is 4.74 Å². The minimum Gasteiger partial charge on any atom is -0.439 e. The van der Waals surface area contributed by atoms with Crippen molar-refractivity contribution in [1.82, 2.24) is 4.98 Å². The number of rotatable bonds is 5. The first-order valence-corrected chi connectivity index (χ1v) is 5.87. The second kappa shape index (κ2) is 5.91. The summed E-state index contributed by atoms with van der Waals surface area (Å²) in [6, 6.07) is 12.0. The molecule has 0 saturated heterocycles. The lowest BCUT2D eigenvalue weighted by Crippen LogP contribution is -2.04. The van der Waals surface area contributed by atoms with Gasteiger partial charge in [-0.2, -0.15) is 0 Å². The molecular weight excluding hydrogens is 242 g/mol. The molecule has 96 valence electrons. The molecule has 4 nitrogen and oxygen atoms in total. The van der Waals surface area contributed by atoms with Gasteiger partial charge in [0.15, 0.2) is 5.78 Å². The van der Waals surface area contributed by atoms with Gasteiger partial charge in [-0.1, -0.05) is 6.07 Å². The smallest absolute Gasteiger partial charge is 0.219 e. The fraction of sp³-hybridized carbons (Fsp3) is 0.133. The van der Waals surface area contributed by atoms with Gasteiger partial charge in [-0.25, -0.2) is 4.98 Å². The number of pyridine rings is 1. The van der Waals surface area contributed by atoms with Crippen LogP contribution in [0.3, 0.4) is 0 Å². The Morgan fingerprint density at radius 2 is 1.84 bits per heavy atom. The van der Waals surface area contributed by atoms with Gasteiger partial charge in [0.2, 0.25) is 5.88 Å². The Bertz CT molecular complexity index is 576. The maximum atomic E-state index is 11.7. The lowest BCUT2D eigenvalue weighted by atomic mass is 10.1. The van der Waals surface area contributed by atoms with E-state index in [1.807, 2.05) is 6.07 Å². The summed E-state index contributed by atoms with van der Waals surface area (Å²) >= 11 is 0. The van der Waals surface area contributed by atoms with E-state index in [1.165, 1.54) is 6.92 Å². The molecule has 1 heterocycles. The molecule has 0 bridgehead atoms. The van der Waals surface area contributed by atoms with Crippen LogP contribution in [-0.2, 0) is 4.79 Å². The molecule has 19 heavy (non-hydrogen) atoms. The minimum absolute atomic E-state index is 0.0690. The Kier molecular flexibility index (Phi) is 4.03. The number of hydrogen-bond donors (Lipinski definition) is 0. The van der Waals surface area contributed by atoms with Gasteiger partial charge < -0.3 is 4.74 Å². The molecule has 0 amide bonds. The van der Waals surface area contributed by atoms with Gasteiger partial charge in [-0.3, -0.25) is 9.59 Å². The zero-order valence-corrected chi connectivity index (χ0v) is 10.5. The highest BCUT2D eigenvalue weighted by molar-refractivity contribution is 6.07. The number of carbonyl (C=O) groups is 2. The van der Waals surface area contributed by atoms with Gasteiger partial charge in [-0.15, -0.1) is 0 Å². The van der Waals surface area contributed by atoms with Gasteiger partial charge in [0, 0.05) is 17.8 Å². The maximum absolute atomic E-state index is 11.7. The van der Waals surface area contributed by atoms with Crippen LogP contribution in [0.4, 0.5) is 0 Å². The van der Waals surface area contributed by atoms with Crippen LogP contribution in [-0.4, -0.2) is 16.6 Å². The van der Waals surface area contributed by atoms with E-state index in [-0.39, 0.29) is 18.0 Å². The molecule has 0 aliphatic heterocycles. The maximum Gasteiger partial charge on any atom is 0.219 e. The fourth-order valence-electron chi connectivity index (χ4n) is 1.57. The lowest BCUT2D eigenvalue weighted by molar-refractivity contribution is -0.116. The Balaban J connectivity index is 2.06. The predicted molar refractivity (Wildman–Crippen MR) is 70.4 cm³/mol. The zero-order chi connectivity index (χ0) is 13.7. The molecule has 0 aliphatic rings. The molecule has 0 atom stereocenters. The number of Topliss-reactive ketones (excluding diaryl/α,β-unsaturated/α-hetero) is 2. The fourth-order valence-corrected chi connectivity index (χ4v) is 1.57. The van der Waals surface area contributed by atoms with E-state index in [9.17, 15) is 9.59 Å². The van der Waals surface area contributed by atoms with Crippen LogP contribution in [0, 0.1) is 0 Å². The molecule has 0 aliphatic carbocycles. The molecule has 4 heteroatoms. The summed E-state index contributed by atoms with van der Waals surface area (Å²) in [5, 5.41) is 0. The van der Waals surface area contributed by atoms with Crippen molar-refractivity contribution >= 4 is 11.6 Å². The summed E-state index contributed by atoms with van der Waals surface area (Å²) in [7, 11) is 0. The van der Waals surface area contributed by atoms with Crippen molar-refractivity contribution in [1.29, 1.82) is 0 Å². The SMILES string of the molecule is CC(=O)CC(=O)c1ccc(Oc2ccccn2)cc1. The molecule has 0 fully saturated rings. The molecule has 1 aromatic heterocycles. The standard InChI is InChI=1S/C15H13NO3/c1-11(17)10-14(18)12-5-7-13(8-6-12)19-15-4-2-3-9-16-15/h2-9H,10H2,1H3. The van der Waals surface area contributed by atoms with Crippen LogP contribution in [0.2, 0.25) is 0 Å². The van der Waals surface area contributed by atoms with Crippen molar-refractivity contribution in [2.45, 2.75) is 13.3 Å². The van der Waals surface area contributed by atoms with E-state index in [0.717, 1.165) is 0 Å². The van der Waals surface area contributed by atoms with Gasteiger partial charge in [0.05, 0.1) is 6.42 Å². The summed E-state index contributed by atoms with van der Waals surface area (Å²) in [6.07, 6.45) is 1.57. The molecule has 0 spiro atoms. The van der Waals surface area contributed by atoms with Crippen LogP contribution in [0.25, 0.3) is 0 Å². The monoisotopic (exact) mass is 255 g/mol. The van der Waals surface area contributed by atoms with E-state index < -0.39 is 0 Å².